The summed E-state index contributed by atoms with van der Waals surface area (Å²) in [6.45, 7) is 40.4. The first-order valence-corrected chi connectivity index (χ1v) is 28.1. The van der Waals surface area contributed by atoms with E-state index in [1.807, 2.05) is 0 Å². The lowest BCUT2D eigenvalue weighted by Crippen LogP contribution is -2.61. The first-order valence-electron chi connectivity index (χ1n) is 28.1. The number of rotatable bonds is 4. The van der Waals surface area contributed by atoms with Gasteiger partial charge in [0.15, 0.2) is 0 Å². The van der Waals surface area contributed by atoms with E-state index in [4.69, 9.17) is 4.42 Å². The molecule has 0 unspecified atom stereocenters. The minimum absolute atomic E-state index is 0.00808. The van der Waals surface area contributed by atoms with E-state index in [2.05, 4.69) is 249 Å². The maximum absolute atomic E-state index is 6.97. The van der Waals surface area contributed by atoms with Crippen LogP contribution >= 0.6 is 0 Å². The molecular weight excluding hydrogens is 910 g/mol. The zero-order valence-corrected chi connectivity index (χ0v) is 48.5. The Bertz CT molecular complexity index is 3700. The molecule has 0 spiro atoms. The average molecular weight is 990 g/mol. The van der Waals surface area contributed by atoms with Crippen molar-refractivity contribution in [2.75, 3.05) is 21.7 Å². The SMILES string of the molecule is Cc1cc2c3c(c1)N(c1cc4c(cc1C)C(C)(C)CCC4(C)C)c1cc4oc5ccc(C(C)(C)C)cc5c4cc1B3c1ccc(N(C)c3ccc(C(C)(C)C)cc3)cc1N2c1cc2c(cc1C)C(C)(C)CCC2(C)C. The van der Waals surface area contributed by atoms with Crippen molar-refractivity contribution in [2.45, 2.75) is 176 Å². The van der Waals surface area contributed by atoms with Gasteiger partial charge >= 0.3 is 0 Å². The van der Waals surface area contributed by atoms with Gasteiger partial charge < -0.3 is 19.1 Å². The molecule has 0 fully saturated rings. The Kier molecular flexibility index (Phi) is 10.7. The van der Waals surface area contributed by atoms with Gasteiger partial charge in [-0.15, -0.1) is 0 Å². The van der Waals surface area contributed by atoms with Crippen molar-refractivity contribution in [3.05, 3.63) is 159 Å². The van der Waals surface area contributed by atoms with Crippen LogP contribution in [0.15, 0.2) is 114 Å². The first kappa shape index (κ1) is 49.7. The standard InChI is InChI=1S/C70H80BN3O/c1-41-31-60-64-61(32-41)74(57-39-53-51(34-43(57)3)68(12,13)28-30-70(53,16)17)59-40-63-49(48-35-45(66(7,8)9)21-26-62(48)75-63)37-55(59)71(64)54-25-24-47(72(18)46-22-19-44(20-23-46)65(4,5)6)36-58(54)73(60)56-38-52-50(33-42(56)2)67(10,11)27-29-69(52,14)15/h19-26,31-40H,27-30H2,1-18H3. The van der Waals surface area contributed by atoms with Crippen LogP contribution in [0.4, 0.5) is 45.5 Å². The molecule has 0 saturated carbocycles. The van der Waals surface area contributed by atoms with Gasteiger partial charge in [-0.1, -0.05) is 139 Å². The fourth-order valence-electron chi connectivity index (χ4n) is 13.8. The fourth-order valence-corrected chi connectivity index (χ4v) is 13.8. The number of benzene rings is 7. The van der Waals surface area contributed by atoms with Crippen molar-refractivity contribution in [3.8, 4) is 0 Å². The third-order valence-electron chi connectivity index (χ3n) is 19.0. The molecule has 3 heterocycles. The monoisotopic (exact) mass is 990 g/mol. The molecule has 8 aromatic rings. The molecule has 4 aliphatic rings. The smallest absolute Gasteiger partial charge is 0.252 e. The van der Waals surface area contributed by atoms with E-state index < -0.39 is 0 Å². The number of anilines is 8. The topological polar surface area (TPSA) is 22.9 Å². The zero-order valence-electron chi connectivity index (χ0n) is 48.5. The molecule has 5 heteroatoms. The Morgan fingerprint density at radius 1 is 0.440 bits per heavy atom. The molecule has 12 rings (SSSR count). The maximum atomic E-state index is 6.97. The lowest BCUT2D eigenvalue weighted by atomic mass is 9.33. The van der Waals surface area contributed by atoms with Gasteiger partial charge in [0.2, 0.25) is 0 Å². The summed E-state index contributed by atoms with van der Waals surface area (Å²) in [6.07, 6.45) is 4.68. The largest absolute Gasteiger partial charge is 0.456 e. The first-order chi connectivity index (χ1) is 35.0. The number of nitrogens with zero attached hydrogens (tertiary/aromatic N) is 3. The van der Waals surface area contributed by atoms with Gasteiger partial charge in [0.05, 0.1) is 0 Å². The summed E-state index contributed by atoms with van der Waals surface area (Å²) in [5.41, 5.74) is 28.4. The van der Waals surface area contributed by atoms with E-state index in [9.17, 15) is 0 Å². The normalized spacial score (nSPS) is 17.9. The van der Waals surface area contributed by atoms with E-state index in [0.29, 0.717) is 0 Å². The second-order valence-electron chi connectivity index (χ2n) is 28.3. The molecule has 2 aliphatic heterocycles. The van der Waals surface area contributed by atoms with Crippen molar-refractivity contribution in [1.29, 1.82) is 0 Å². The van der Waals surface area contributed by atoms with E-state index in [1.165, 1.54) is 130 Å². The van der Waals surface area contributed by atoms with E-state index in [-0.39, 0.29) is 39.2 Å². The van der Waals surface area contributed by atoms with E-state index >= 15 is 0 Å². The molecule has 2 aliphatic carbocycles. The molecule has 4 nitrogen and oxygen atoms in total. The van der Waals surface area contributed by atoms with Crippen molar-refractivity contribution >= 4 is 90.5 Å². The Hall–Kier alpha value is -6.20. The second-order valence-corrected chi connectivity index (χ2v) is 28.3. The lowest BCUT2D eigenvalue weighted by Gasteiger charge is -2.47. The van der Waals surface area contributed by atoms with Crippen LogP contribution in [0.25, 0.3) is 21.9 Å². The van der Waals surface area contributed by atoms with Crippen LogP contribution in [0, 0.1) is 20.8 Å². The molecule has 0 saturated heterocycles. The van der Waals surface area contributed by atoms with Gasteiger partial charge in [-0.05, 0) is 206 Å². The molecule has 1 aromatic heterocycles. The summed E-state index contributed by atoms with van der Waals surface area (Å²) < 4.78 is 6.97. The Balaban J connectivity index is 1.18. The van der Waals surface area contributed by atoms with Crippen LogP contribution in [0.3, 0.4) is 0 Å². The molecule has 0 N–H and O–H groups in total. The van der Waals surface area contributed by atoms with Gasteiger partial charge in [-0.25, -0.2) is 0 Å². The highest BCUT2D eigenvalue weighted by Crippen LogP contribution is 2.54. The second kappa shape index (κ2) is 16.2. The minimum Gasteiger partial charge on any atom is -0.456 e. The number of fused-ring (bicyclic) bond motifs is 9. The Labute approximate surface area is 449 Å². The highest BCUT2D eigenvalue weighted by Gasteiger charge is 2.47. The molecular formula is C70H80BN3O. The summed E-state index contributed by atoms with van der Waals surface area (Å²) in [5, 5.41) is 2.35. The van der Waals surface area contributed by atoms with Crippen LogP contribution in [0.1, 0.15) is 173 Å². The molecule has 0 radical (unpaired) electrons. The molecule has 7 aromatic carbocycles. The van der Waals surface area contributed by atoms with Gasteiger partial charge in [0, 0.05) is 69.4 Å². The van der Waals surface area contributed by atoms with Crippen LogP contribution in [0.2, 0.25) is 0 Å². The highest BCUT2D eigenvalue weighted by atomic mass is 16.3. The predicted octanol–water partition coefficient (Wildman–Crippen LogP) is 17.7. The summed E-state index contributed by atoms with van der Waals surface area (Å²) >= 11 is 0. The van der Waals surface area contributed by atoms with Crippen LogP contribution < -0.4 is 31.1 Å². The molecule has 0 atom stereocenters. The molecule has 0 amide bonds. The van der Waals surface area contributed by atoms with Gasteiger partial charge in [-0.2, -0.15) is 0 Å². The third-order valence-corrected chi connectivity index (χ3v) is 19.0. The average Bonchev–Trinajstić information content (AvgIpc) is 3.73. The zero-order chi connectivity index (χ0) is 53.4. The molecule has 75 heavy (non-hydrogen) atoms. The van der Waals surface area contributed by atoms with E-state index in [1.54, 1.807) is 0 Å². The number of aryl methyl sites for hydroxylation is 3. The van der Waals surface area contributed by atoms with Crippen molar-refractivity contribution in [3.63, 3.8) is 0 Å². The number of hydrogen-bond donors (Lipinski definition) is 0. The summed E-state index contributed by atoms with van der Waals surface area (Å²) in [6, 6.07) is 43.6. The molecule has 0 bridgehead atoms. The van der Waals surface area contributed by atoms with Crippen LogP contribution in [-0.2, 0) is 32.5 Å². The van der Waals surface area contributed by atoms with Gasteiger partial charge in [0.25, 0.3) is 6.71 Å². The van der Waals surface area contributed by atoms with Crippen molar-refractivity contribution < 1.29 is 4.42 Å². The Morgan fingerprint density at radius 2 is 0.893 bits per heavy atom. The van der Waals surface area contributed by atoms with Crippen molar-refractivity contribution in [2.24, 2.45) is 0 Å². The van der Waals surface area contributed by atoms with Gasteiger partial charge in [0.1, 0.15) is 11.2 Å². The third kappa shape index (κ3) is 7.66. The lowest BCUT2D eigenvalue weighted by molar-refractivity contribution is 0.332. The fraction of sp³-hybridized carbons (Fsp3) is 0.400. The summed E-state index contributed by atoms with van der Waals surface area (Å²) in [5.74, 6) is 0. The number of hydrogen-bond acceptors (Lipinski definition) is 4. The summed E-state index contributed by atoms with van der Waals surface area (Å²) in [7, 11) is 2.23. The highest BCUT2D eigenvalue weighted by molar-refractivity contribution is 7.00. The van der Waals surface area contributed by atoms with E-state index in [0.717, 1.165) is 29.7 Å². The van der Waals surface area contributed by atoms with Crippen LogP contribution in [0.5, 0.6) is 0 Å². The van der Waals surface area contributed by atoms with Crippen LogP contribution in [-0.4, -0.2) is 13.8 Å². The maximum Gasteiger partial charge on any atom is 0.252 e. The summed E-state index contributed by atoms with van der Waals surface area (Å²) in [4.78, 5) is 7.70. The molecule has 384 valence electrons. The Morgan fingerprint density at radius 3 is 1.40 bits per heavy atom. The van der Waals surface area contributed by atoms with Gasteiger partial charge in [-0.3, -0.25) is 0 Å². The minimum atomic E-state index is -0.0553. The predicted molar refractivity (Wildman–Crippen MR) is 324 cm³/mol. The number of furan rings is 1. The van der Waals surface area contributed by atoms with Crippen molar-refractivity contribution in [1.82, 2.24) is 0 Å². The quantitative estimate of drug-likeness (QED) is 0.164.